The van der Waals surface area contributed by atoms with Gasteiger partial charge in [-0.2, -0.15) is 0 Å². The molecular weight excluding hydrogens is 292 g/mol. The fourth-order valence-electron chi connectivity index (χ4n) is 5.13. The van der Waals surface area contributed by atoms with Gasteiger partial charge in [0.15, 0.2) is 0 Å². The fourth-order valence-corrected chi connectivity index (χ4v) is 5.13. The van der Waals surface area contributed by atoms with E-state index in [0.717, 1.165) is 23.7 Å². The van der Waals surface area contributed by atoms with E-state index in [1.807, 2.05) is 0 Å². The Bertz CT molecular complexity index is 356. The topological polar surface area (TPSA) is 0 Å². The fraction of sp³-hybridized carbons (Fsp3) is 1.00. The number of quaternary nitrogens is 2. The van der Waals surface area contributed by atoms with Gasteiger partial charge in [-0.1, -0.05) is 27.7 Å². The van der Waals surface area contributed by atoms with Crippen molar-refractivity contribution in [3.8, 4) is 0 Å². The van der Waals surface area contributed by atoms with E-state index in [2.05, 4.69) is 55.6 Å². The third kappa shape index (κ3) is 6.33. The summed E-state index contributed by atoms with van der Waals surface area (Å²) in [5.41, 5.74) is 0. The van der Waals surface area contributed by atoms with Crippen LogP contribution in [0.3, 0.4) is 0 Å². The predicted octanol–water partition coefficient (Wildman–Crippen LogP) is 5.04. The molecule has 0 aromatic heterocycles. The molecule has 2 saturated heterocycles. The molecule has 0 bridgehead atoms. The third-order valence-electron chi connectivity index (χ3n) is 7.42. The molecule has 144 valence electrons. The van der Waals surface area contributed by atoms with Crippen molar-refractivity contribution in [3.05, 3.63) is 0 Å². The molecule has 0 aromatic rings. The van der Waals surface area contributed by atoms with E-state index in [4.69, 9.17) is 0 Å². The first-order valence-electron chi connectivity index (χ1n) is 10.9. The van der Waals surface area contributed by atoms with E-state index in [0.29, 0.717) is 0 Å². The van der Waals surface area contributed by atoms with Crippen molar-refractivity contribution in [3.63, 3.8) is 0 Å². The van der Waals surface area contributed by atoms with Crippen LogP contribution in [0.1, 0.15) is 67.2 Å². The van der Waals surface area contributed by atoms with Crippen molar-refractivity contribution >= 4 is 0 Å². The van der Waals surface area contributed by atoms with Crippen LogP contribution in [0.2, 0.25) is 0 Å². The van der Waals surface area contributed by atoms with Crippen LogP contribution < -0.4 is 0 Å². The Morgan fingerprint density at radius 1 is 0.792 bits per heavy atom. The largest absolute Gasteiger partial charge is 0.326 e. The molecule has 0 N–H and O–H groups in total. The molecule has 2 aliphatic heterocycles. The number of hydrogen-bond acceptors (Lipinski definition) is 0. The summed E-state index contributed by atoms with van der Waals surface area (Å²) in [6, 6.07) is 0. The molecule has 6 unspecified atom stereocenters. The van der Waals surface area contributed by atoms with Crippen molar-refractivity contribution in [1.82, 2.24) is 0 Å². The van der Waals surface area contributed by atoms with Crippen LogP contribution in [0.5, 0.6) is 0 Å². The Morgan fingerprint density at radius 2 is 1.42 bits per heavy atom. The first kappa shape index (κ1) is 22.0. The Kier molecular flexibility index (Phi) is 8.76. The van der Waals surface area contributed by atoms with Gasteiger partial charge >= 0.3 is 0 Å². The second kappa shape index (κ2) is 9.57. The van der Waals surface area contributed by atoms with E-state index in [1.54, 1.807) is 0 Å². The highest BCUT2D eigenvalue weighted by molar-refractivity contribution is 4.69. The molecule has 2 heteroatoms. The summed E-state index contributed by atoms with van der Waals surface area (Å²) in [5, 5.41) is 0. The van der Waals surface area contributed by atoms with Gasteiger partial charge in [0.05, 0.1) is 53.4 Å². The zero-order valence-electron chi connectivity index (χ0n) is 18.3. The first-order chi connectivity index (χ1) is 11.2. The minimum atomic E-state index is 0.939. The lowest BCUT2D eigenvalue weighted by molar-refractivity contribution is -0.919. The molecule has 2 heterocycles. The summed E-state index contributed by atoms with van der Waals surface area (Å²) in [4.78, 5) is 0. The van der Waals surface area contributed by atoms with Crippen LogP contribution in [0.4, 0.5) is 0 Å². The smallest absolute Gasteiger partial charge is 0.0815 e. The normalized spacial score (nSPS) is 43.0. The van der Waals surface area contributed by atoms with Crippen molar-refractivity contribution < 1.29 is 8.97 Å². The number of nitrogens with zero attached hydrogens (tertiary/aromatic N) is 2. The standard InChI is InChI=1S/2C11H24N/c1-5-11-7-10(3)8-12(4,6-2)9-11;1-5-11-9-12(4,6-2)8-7-10(11)3/h2*10-11H,5-9H2,1-4H3/q2*+1. The van der Waals surface area contributed by atoms with E-state index in [9.17, 15) is 0 Å². The van der Waals surface area contributed by atoms with E-state index < -0.39 is 0 Å². The highest BCUT2D eigenvalue weighted by Gasteiger charge is 2.33. The lowest BCUT2D eigenvalue weighted by Gasteiger charge is -2.43. The Labute approximate surface area is 153 Å². The second-order valence-electron chi connectivity index (χ2n) is 9.69. The summed E-state index contributed by atoms with van der Waals surface area (Å²) >= 11 is 0. The zero-order chi connectivity index (χ0) is 18.4. The van der Waals surface area contributed by atoms with Gasteiger partial charge in [-0.3, -0.25) is 0 Å². The van der Waals surface area contributed by atoms with Gasteiger partial charge in [0.1, 0.15) is 0 Å². The molecular formula is C22H48N2+2. The second-order valence-corrected chi connectivity index (χ2v) is 9.69. The van der Waals surface area contributed by atoms with E-state index >= 15 is 0 Å². The van der Waals surface area contributed by atoms with Gasteiger partial charge in [-0.25, -0.2) is 0 Å². The molecule has 0 aliphatic carbocycles. The molecule has 0 aromatic carbocycles. The molecule has 0 spiro atoms. The zero-order valence-corrected chi connectivity index (χ0v) is 18.3. The molecule has 2 rings (SSSR count). The number of hydrogen-bond donors (Lipinski definition) is 0. The van der Waals surface area contributed by atoms with Crippen molar-refractivity contribution in [2.24, 2.45) is 23.7 Å². The number of likely N-dealkylation sites (tertiary alicyclic amines) is 2. The van der Waals surface area contributed by atoms with Gasteiger partial charge in [-0.15, -0.1) is 0 Å². The first-order valence-corrected chi connectivity index (χ1v) is 10.9. The quantitative estimate of drug-likeness (QED) is 0.629. The maximum atomic E-state index is 2.42. The van der Waals surface area contributed by atoms with Gasteiger partial charge in [-0.05, 0) is 45.4 Å². The molecule has 24 heavy (non-hydrogen) atoms. The van der Waals surface area contributed by atoms with E-state index in [1.165, 1.54) is 73.9 Å². The molecule has 2 fully saturated rings. The number of rotatable bonds is 4. The van der Waals surface area contributed by atoms with Crippen LogP contribution in [0.15, 0.2) is 0 Å². The minimum Gasteiger partial charge on any atom is -0.326 e. The highest BCUT2D eigenvalue weighted by Crippen LogP contribution is 2.29. The average molecular weight is 341 g/mol. The van der Waals surface area contributed by atoms with Gasteiger partial charge in [0, 0.05) is 17.8 Å². The monoisotopic (exact) mass is 340 g/mol. The lowest BCUT2D eigenvalue weighted by atomic mass is 9.84. The minimum absolute atomic E-state index is 0.939. The van der Waals surface area contributed by atoms with Crippen LogP contribution in [0, 0.1) is 23.7 Å². The lowest BCUT2D eigenvalue weighted by Crippen LogP contribution is -2.53. The summed E-state index contributed by atoms with van der Waals surface area (Å²) < 4.78 is 2.61. The maximum Gasteiger partial charge on any atom is 0.0815 e. The highest BCUT2D eigenvalue weighted by atomic mass is 15.3. The van der Waals surface area contributed by atoms with Crippen molar-refractivity contribution in [1.29, 1.82) is 0 Å². The van der Waals surface area contributed by atoms with Gasteiger partial charge < -0.3 is 8.97 Å². The molecule has 2 nitrogen and oxygen atoms in total. The average Bonchev–Trinajstić information content (AvgIpc) is 2.57. The molecule has 0 radical (unpaired) electrons. The Morgan fingerprint density at radius 3 is 1.92 bits per heavy atom. The van der Waals surface area contributed by atoms with Crippen molar-refractivity contribution in [2.45, 2.75) is 67.2 Å². The van der Waals surface area contributed by atoms with Crippen LogP contribution >= 0.6 is 0 Å². The van der Waals surface area contributed by atoms with Gasteiger partial charge in [0.25, 0.3) is 0 Å². The van der Waals surface area contributed by atoms with Gasteiger partial charge in [0.2, 0.25) is 0 Å². The third-order valence-corrected chi connectivity index (χ3v) is 7.42. The Balaban J connectivity index is 0.000000240. The summed E-state index contributed by atoms with van der Waals surface area (Å²) in [6.07, 6.45) is 5.64. The summed E-state index contributed by atoms with van der Waals surface area (Å²) in [7, 11) is 4.83. The SMILES string of the molecule is CCC1CC(C)C[N+](C)(CC)C1.CCC1C[N+](C)(CC)CCC1C. The summed E-state index contributed by atoms with van der Waals surface area (Å²) in [5.74, 6) is 3.86. The predicted molar refractivity (Wildman–Crippen MR) is 108 cm³/mol. The number of piperidine rings is 2. The summed E-state index contributed by atoms with van der Waals surface area (Å²) in [6.45, 7) is 22.4. The van der Waals surface area contributed by atoms with Crippen LogP contribution in [0.25, 0.3) is 0 Å². The molecule has 0 saturated carbocycles. The van der Waals surface area contributed by atoms with E-state index in [-0.39, 0.29) is 0 Å². The molecule has 0 amide bonds. The Hall–Kier alpha value is -0.0800. The molecule has 2 aliphatic rings. The van der Waals surface area contributed by atoms with Crippen LogP contribution in [-0.2, 0) is 0 Å². The van der Waals surface area contributed by atoms with Crippen LogP contribution in [-0.4, -0.2) is 62.3 Å². The molecule has 6 atom stereocenters. The maximum absolute atomic E-state index is 2.42. The van der Waals surface area contributed by atoms with Crippen molar-refractivity contribution in [2.75, 3.05) is 53.4 Å².